The Morgan fingerprint density at radius 1 is 1.09 bits per heavy atom. The highest BCUT2D eigenvalue weighted by molar-refractivity contribution is 6.04. The number of fused-ring (bicyclic) bond motifs is 1. The Morgan fingerprint density at radius 3 is 2.50 bits per heavy atom. The van der Waals surface area contributed by atoms with E-state index in [0.29, 0.717) is 22.4 Å². The Bertz CT molecular complexity index is 1150. The van der Waals surface area contributed by atoms with Crippen LogP contribution in [0.25, 0.3) is 10.8 Å². The molecule has 0 bridgehead atoms. The van der Waals surface area contributed by atoms with Gasteiger partial charge in [0.25, 0.3) is 11.5 Å². The number of carbonyl (C=O) groups excluding carboxylic acids is 1. The summed E-state index contributed by atoms with van der Waals surface area (Å²) in [5.41, 5.74) is 2.79. The van der Waals surface area contributed by atoms with Gasteiger partial charge < -0.3 is 5.32 Å². The van der Waals surface area contributed by atoms with Crippen molar-refractivity contribution in [2.24, 2.45) is 13.0 Å². The molecule has 4 rings (SSSR count). The average molecular weight is 433 g/mol. The van der Waals surface area contributed by atoms with E-state index in [9.17, 15) is 9.59 Å². The molecule has 1 aliphatic rings. The number of likely N-dealkylation sites (tertiary alicyclic amines) is 1. The fourth-order valence-electron chi connectivity index (χ4n) is 4.55. The van der Waals surface area contributed by atoms with E-state index in [4.69, 9.17) is 0 Å². The summed E-state index contributed by atoms with van der Waals surface area (Å²) < 4.78 is 1.24. The van der Waals surface area contributed by atoms with E-state index in [1.807, 2.05) is 6.07 Å². The van der Waals surface area contributed by atoms with Crippen LogP contribution in [-0.2, 0) is 20.0 Å². The largest absolute Gasteiger partial charge is 0.347 e. The van der Waals surface area contributed by atoms with Crippen molar-refractivity contribution in [1.82, 2.24) is 20.0 Å². The summed E-state index contributed by atoms with van der Waals surface area (Å²) >= 11 is 0. The SMILES string of the molecule is CC(C)Cc1ccc(CN2CCC[C@@H](NC(=O)c3nn(C)c(=O)c4ccccc34)C2)cc1. The number of benzene rings is 2. The van der Waals surface area contributed by atoms with Crippen molar-refractivity contribution < 1.29 is 4.79 Å². The predicted molar refractivity (Wildman–Crippen MR) is 128 cm³/mol. The number of nitrogens with one attached hydrogen (secondary N) is 1. The summed E-state index contributed by atoms with van der Waals surface area (Å²) in [4.78, 5) is 27.8. The van der Waals surface area contributed by atoms with Crippen LogP contribution in [0.2, 0.25) is 0 Å². The van der Waals surface area contributed by atoms with Gasteiger partial charge in [0.2, 0.25) is 0 Å². The maximum Gasteiger partial charge on any atom is 0.274 e. The van der Waals surface area contributed by atoms with Gasteiger partial charge >= 0.3 is 0 Å². The second-order valence-electron chi connectivity index (χ2n) is 9.29. The lowest BCUT2D eigenvalue weighted by Gasteiger charge is -2.33. The second kappa shape index (κ2) is 9.65. The molecule has 1 aromatic heterocycles. The van der Waals surface area contributed by atoms with Crippen molar-refractivity contribution in [1.29, 1.82) is 0 Å². The molecular weight excluding hydrogens is 400 g/mol. The number of nitrogens with zero attached hydrogens (tertiary/aromatic N) is 3. The van der Waals surface area contributed by atoms with Crippen LogP contribution >= 0.6 is 0 Å². The quantitative estimate of drug-likeness (QED) is 0.647. The van der Waals surface area contributed by atoms with E-state index < -0.39 is 0 Å². The zero-order chi connectivity index (χ0) is 22.7. The first-order valence-corrected chi connectivity index (χ1v) is 11.5. The third-order valence-electron chi connectivity index (χ3n) is 6.09. The first-order valence-electron chi connectivity index (χ1n) is 11.5. The van der Waals surface area contributed by atoms with Crippen LogP contribution in [0.4, 0.5) is 0 Å². The molecule has 6 heteroatoms. The van der Waals surface area contributed by atoms with Crippen LogP contribution in [0.15, 0.2) is 53.3 Å². The highest BCUT2D eigenvalue weighted by Gasteiger charge is 2.24. The zero-order valence-corrected chi connectivity index (χ0v) is 19.2. The van der Waals surface area contributed by atoms with E-state index in [1.165, 1.54) is 15.8 Å². The van der Waals surface area contributed by atoms with Gasteiger partial charge in [-0.2, -0.15) is 5.10 Å². The number of hydrogen-bond donors (Lipinski definition) is 1. The van der Waals surface area contributed by atoms with Gasteiger partial charge in [0.1, 0.15) is 0 Å². The average Bonchev–Trinajstić information content (AvgIpc) is 2.77. The number of aromatic nitrogens is 2. The minimum atomic E-state index is -0.221. The second-order valence-corrected chi connectivity index (χ2v) is 9.29. The third-order valence-corrected chi connectivity index (χ3v) is 6.09. The number of piperidine rings is 1. The first kappa shape index (κ1) is 22.2. The van der Waals surface area contributed by atoms with Crippen LogP contribution < -0.4 is 10.9 Å². The van der Waals surface area contributed by atoms with Crippen molar-refractivity contribution in [3.05, 3.63) is 75.7 Å². The normalized spacial score (nSPS) is 17.1. The Kier molecular flexibility index (Phi) is 6.70. The molecule has 1 atom stereocenters. The molecule has 1 amide bonds. The van der Waals surface area contributed by atoms with Crippen LogP contribution in [-0.4, -0.2) is 39.7 Å². The van der Waals surface area contributed by atoms with E-state index >= 15 is 0 Å². The Morgan fingerprint density at radius 2 is 1.78 bits per heavy atom. The highest BCUT2D eigenvalue weighted by Crippen LogP contribution is 2.17. The molecule has 1 fully saturated rings. The molecule has 0 unspecified atom stereocenters. The van der Waals surface area contributed by atoms with Gasteiger partial charge in [0.15, 0.2) is 5.69 Å². The van der Waals surface area contributed by atoms with Crippen LogP contribution in [0.5, 0.6) is 0 Å². The standard InChI is InChI=1S/C26H32N4O2/c1-18(2)15-19-10-12-20(13-11-19)16-30-14-6-7-21(17-30)27-25(31)24-22-8-4-5-9-23(22)26(32)29(3)28-24/h4-5,8-13,18,21H,6-7,14-17H2,1-3H3,(H,27,31)/t21-/m1/s1. The van der Waals surface area contributed by atoms with Crippen molar-refractivity contribution in [2.75, 3.05) is 13.1 Å². The predicted octanol–water partition coefficient (Wildman–Crippen LogP) is 3.53. The van der Waals surface area contributed by atoms with E-state index in [1.54, 1.807) is 25.2 Å². The number of carbonyl (C=O) groups is 1. The number of hydrogen-bond acceptors (Lipinski definition) is 4. The molecule has 3 aromatic rings. The van der Waals surface area contributed by atoms with E-state index in [2.05, 4.69) is 53.4 Å². The van der Waals surface area contributed by atoms with Gasteiger partial charge in [-0.3, -0.25) is 14.5 Å². The molecule has 2 heterocycles. The Balaban J connectivity index is 1.42. The lowest BCUT2D eigenvalue weighted by atomic mass is 10.0. The monoisotopic (exact) mass is 432 g/mol. The highest BCUT2D eigenvalue weighted by atomic mass is 16.2. The summed E-state index contributed by atoms with van der Waals surface area (Å²) in [5, 5.41) is 8.54. The third kappa shape index (κ3) is 5.07. The number of rotatable bonds is 6. The first-order chi connectivity index (χ1) is 15.4. The van der Waals surface area contributed by atoms with Crippen molar-refractivity contribution in [3.63, 3.8) is 0 Å². The van der Waals surface area contributed by atoms with Crippen molar-refractivity contribution in [2.45, 2.75) is 45.7 Å². The summed E-state index contributed by atoms with van der Waals surface area (Å²) in [6.45, 7) is 7.20. The number of aryl methyl sites for hydroxylation is 1. The summed E-state index contributed by atoms with van der Waals surface area (Å²) in [5.74, 6) is 0.438. The lowest BCUT2D eigenvalue weighted by molar-refractivity contribution is 0.0895. The van der Waals surface area contributed by atoms with Crippen molar-refractivity contribution >= 4 is 16.7 Å². The molecule has 1 aliphatic heterocycles. The molecule has 0 radical (unpaired) electrons. The van der Waals surface area contributed by atoms with Gasteiger partial charge in [-0.1, -0.05) is 56.3 Å². The Labute approximate surface area is 189 Å². The fourth-order valence-corrected chi connectivity index (χ4v) is 4.55. The molecule has 0 saturated carbocycles. The van der Waals surface area contributed by atoms with Gasteiger partial charge in [0, 0.05) is 31.6 Å². The van der Waals surface area contributed by atoms with E-state index in [-0.39, 0.29) is 17.5 Å². The number of amides is 1. The van der Waals surface area contributed by atoms with Crippen LogP contribution in [0.3, 0.4) is 0 Å². The van der Waals surface area contributed by atoms with Crippen LogP contribution in [0.1, 0.15) is 48.3 Å². The molecule has 2 aromatic carbocycles. The lowest BCUT2D eigenvalue weighted by Crippen LogP contribution is -2.47. The summed E-state index contributed by atoms with van der Waals surface area (Å²) in [7, 11) is 1.58. The molecule has 168 valence electrons. The maximum atomic E-state index is 13.1. The van der Waals surface area contributed by atoms with E-state index in [0.717, 1.165) is 38.9 Å². The van der Waals surface area contributed by atoms with Gasteiger partial charge in [-0.25, -0.2) is 4.68 Å². The smallest absolute Gasteiger partial charge is 0.274 e. The molecule has 6 nitrogen and oxygen atoms in total. The minimum Gasteiger partial charge on any atom is -0.347 e. The molecule has 32 heavy (non-hydrogen) atoms. The fraction of sp³-hybridized carbons (Fsp3) is 0.423. The summed E-state index contributed by atoms with van der Waals surface area (Å²) in [6, 6.07) is 16.1. The van der Waals surface area contributed by atoms with Gasteiger partial charge in [-0.15, -0.1) is 0 Å². The molecular formula is C26H32N4O2. The van der Waals surface area contributed by atoms with Crippen LogP contribution in [0, 0.1) is 5.92 Å². The van der Waals surface area contributed by atoms with Crippen molar-refractivity contribution in [3.8, 4) is 0 Å². The zero-order valence-electron chi connectivity index (χ0n) is 19.2. The minimum absolute atomic E-state index is 0.0641. The molecule has 0 aliphatic carbocycles. The molecule has 1 saturated heterocycles. The van der Waals surface area contributed by atoms with Gasteiger partial charge in [-0.05, 0) is 48.9 Å². The Hall–Kier alpha value is -2.99. The molecule has 0 spiro atoms. The maximum absolute atomic E-state index is 13.1. The molecule has 1 N–H and O–H groups in total. The topological polar surface area (TPSA) is 67.2 Å². The summed E-state index contributed by atoms with van der Waals surface area (Å²) in [6.07, 6.45) is 3.09. The van der Waals surface area contributed by atoms with Gasteiger partial charge in [0.05, 0.1) is 5.39 Å².